The van der Waals surface area contributed by atoms with Crippen LogP contribution in [0, 0.1) is 0 Å². The summed E-state index contributed by atoms with van der Waals surface area (Å²) in [5, 5.41) is 12.2. The van der Waals surface area contributed by atoms with Crippen LogP contribution in [0.2, 0.25) is 0 Å². The molecular formula is C15H19N5. The lowest BCUT2D eigenvalue weighted by molar-refractivity contribution is 0.570. The van der Waals surface area contributed by atoms with Gasteiger partial charge in [0, 0.05) is 18.6 Å². The summed E-state index contributed by atoms with van der Waals surface area (Å²) in [6.45, 7) is 2.14. The van der Waals surface area contributed by atoms with Crippen molar-refractivity contribution in [3.63, 3.8) is 0 Å². The Morgan fingerprint density at radius 3 is 2.70 bits per heavy atom. The standard InChI is InChI=1S/C15H19N5/c1-2-6-14-13(5-1)17-15(19-18-14)20(12-7-8-12)10-11-4-3-9-16-11/h1-2,5-6,11-12,16H,3-4,7-10H2. The van der Waals surface area contributed by atoms with Gasteiger partial charge in [-0.1, -0.05) is 12.1 Å². The van der Waals surface area contributed by atoms with Gasteiger partial charge in [-0.3, -0.25) is 0 Å². The molecule has 2 aliphatic rings. The van der Waals surface area contributed by atoms with Gasteiger partial charge in [0.05, 0.1) is 5.52 Å². The zero-order valence-electron chi connectivity index (χ0n) is 11.5. The van der Waals surface area contributed by atoms with Gasteiger partial charge in [-0.15, -0.1) is 10.2 Å². The average Bonchev–Trinajstić information content (AvgIpc) is 3.21. The van der Waals surface area contributed by atoms with Crippen molar-refractivity contribution >= 4 is 17.0 Å². The molecule has 1 N–H and O–H groups in total. The van der Waals surface area contributed by atoms with Crippen LogP contribution in [0.3, 0.4) is 0 Å². The number of fused-ring (bicyclic) bond motifs is 1. The van der Waals surface area contributed by atoms with Gasteiger partial charge >= 0.3 is 0 Å². The molecule has 4 rings (SSSR count). The number of anilines is 1. The fourth-order valence-corrected chi connectivity index (χ4v) is 2.92. The van der Waals surface area contributed by atoms with Crippen molar-refractivity contribution in [1.29, 1.82) is 0 Å². The summed E-state index contributed by atoms with van der Waals surface area (Å²) in [5.74, 6) is 0.792. The van der Waals surface area contributed by atoms with Crippen molar-refractivity contribution in [1.82, 2.24) is 20.5 Å². The molecule has 0 radical (unpaired) electrons. The summed E-state index contributed by atoms with van der Waals surface area (Å²) in [4.78, 5) is 7.05. The number of nitrogens with one attached hydrogen (secondary N) is 1. The van der Waals surface area contributed by atoms with Crippen LogP contribution in [0.15, 0.2) is 24.3 Å². The molecule has 5 nitrogen and oxygen atoms in total. The first-order chi connectivity index (χ1) is 9.90. The molecule has 1 aromatic carbocycles. The Kier molecular flexibility index (Phi) is 2.99. The quantitative estimate of drug-likeness (QED) is 0.916. The first-order valence-electron chi connectivity index (χ1n) is 7.50. The second kappa shape index (κ2) is 4.98. The number of hydrogen-bond donors (Lipinski definition) is 1. The van der Waals surface area contributed by atoms with Crippen LogP contribution in [0.25, 0.3) is 11.0 Å². The van der Waals surface area contributed by atoms with E-state index in [-0.39, 0.29) is 0 Å². The number of benzene rings is 1. The average molecular weight is 269 g/mol. The molecule has 0 spiro atoms. The first kappa shape index (κ1) is 12.0. The maximum absolute atomic E-state index is 4.70. The van der Waals surface area contributed by atoms with Gasteiger partial charge in [0.25, 0.3) is 0 Å². The van der Waals surface area contributed by atoms with Crippen molar-refractivity contribution in [3.05, 3.63) is 24.3 Å². The molecular weight excluding hydrogens is 250 g/mol. The van der Waals surface area contributed by atoms with Crippen molar-refractivity contribution < 1.29 is 0 Å². The Labute approximate surface area is 118 Å². The Hall–Kier alpha value is -1.75. The first-order valence-corrected chi connectivity index (χ1v) is 7.50. The largest absolute Gasteiger partial charge is 0.335 e. The molecule has 20 heavy (non-hydrogen) atoms. The van der Waals surface area contributed by atoms with Crippen molar-refractivity contribution in [3.8, 4) is 0 Å². The molecule has 1 saturated heterocycles. The highest BCUT2D eigenvalue weighted by atomic mass is 15.3. The summed E-state index contributed by atoms with van der Waals surface area (Å²) >= 11 is 0. The maximum Gasteiger partial charge on any atom is 0.246 e. The van der Waals surface area contributed by atoms with E-state index in [1.54, 1.807) is 0 Å². The van der Waals surface area contributed by atoms with E-state index in [2.05, 4.69) is 20.4 Å². The zero-order valence-corrected chi connectivity index (χ0v) is 11.5. The molecule has 1 saturated carbocycles. The molecule has 1 aliphatic heterocycles. The van der Waals surface area contributed by atoms with E-state index < -0.39 is 0 Å². The third-order valence-corrected chi connectivity index (χ3v) is 4.17. The molecule has 0 bridgehead atoms. The predicted octanol–water partition coefficient (Wildman–Crippen LogP) is 1.75. The Balaban J connectivity index is 1.63. The van der Waals surface area contributed by atoms with Crippen LogP contribution in [0.1, 0.15) is 25.7 Å². The summed E-state index contributed by atoms with van der Waals surface area (Å²) in [6, 6.07) is 9.12. The minimum Gasteiger partial charge on any atom is -0.335 e. The fraction of sp³-hybridized carbons (Fsp3) is 0.533. The Bertz CT molecular complexity index is 604. The maximum atomic E-state index is 4.70. The van der Waals surface area contributed by atoms with Crippen LogP contribution in [-0.4, -0.2) is 40.4 Å². The van der Waals surface area contributed by atoms with E-state index in [1.807, 2.05) is 24.3 Å². The second-order valence-electron chi connectivity index (χ2n) is 5.78. The molecule has 1 unspecified atom stereocenters. The van der Waals surface area contributed by atoms with E-state index in [4.69, 9.17) is 4.98 Å². The van der Waals surface area contributed by atoms with Gasteiger partial charge < -0.3 is 10.2 Å². The topological polar surface area (TPSA) is 53.9 Å². The number of aromatic nitrogens is 3. The highest BCUT2D eigenvalue weighted by Crippen LogP contribution is 2.30. The monoisotopic (exact) mass is 269 g/mol. The smallest absolute Gasteiger partial charge is 0.246 e. The number of nitrogens with zero attached hydrogens (tertiary/aromatic N) is 4. The minimum atomic E-state index is 0.575. The molecule has 2 fully saturated rings. The molecule has 1 aromatic heterocycles. The van der Waals surface area contributed by atoms with Crippen LogP contribution in [-0.2, 0) is 0 Å². The van der Waals surface area contributed by atoms with Crippen molar-refractivity contribution in [2.24, 2.45) is 0 Å². The molecule has 2 aromatic rings. The van der Waals surface area contributed by atoms with E-state index in [0.29, 0.717) is 12.1 Å². The summed E-state index contributed by atoms with van der Waals surface area (Å²) < 4.78 is 0. The van der Waals surface area contributed by atoms with E-state index in [9.17, 15) is 0 Å². The van der Waals surface area contributed by atoms with Gasteiger partial charge in [0.1, 0.15) is 5.52 Å². The molecule has 1 atom stereocenters. The van der Waals surface area contributed by atoms with Crippen LogP contribution < -0.4 is 10.2 Å². The van der Waals surface area contributed by atoms with Crippen LogP contribution in [0.5, 0.6) is 0 Å². The molecule has 2 heterocycles. The number of para-hydroxylation sites is 1. The van der Waals surface area contributed by atoms with E-state index in [1.165, 1.54) is 25.7 Å². The molecule has 104 valence electrons. The normalized spacial score (nSPS) is 22.3. The lowest BCUT2D eigenvalue weighted by Crippen LogP contribution is -2.39. The Morgan fingerprint density at radius 2 is 1.95 bits per heavy atom. The summed E-state index contributed by atoms with van der Waals surface area (Å²) in [7, 11) is 0. The lowest BCUT2D eigenvalue weighted by Gasteiger charge is -2.25. The zero-order chi connectivity index (χ0) is 13.4. The van der Waals surface area contributed by atoms with E-state index in [0.717, 1.165) is 30.1 Å². The predicted molar refractivity (Wildman–Crippen MR) is 78.7 cm³/mol. The van der Waals surface area contributed by atoms with Gasteiger partial charge in [-0.05, 0) is 44.4 Å². The lowest BCUT2D eigenvalue weighted by atomic mass is 10.2. The minimum absolute atomic E-state index is 0.575. The molecule has 0 amide bonds. The highest BCUT2D eigenvalue weighted by Gasteiger charge is 2.33. The second-order valence-corrected chi connectivity index (χ2v) is 5.78. The number of rotatable bonds is 4. The van der Waals surface area contributed by atoms with Crippen LogP contribution in [0.4, 0.5) is 5.95 Å². The van der Waals surface area contributed by atoms with E-state index >= 15 is 0 Å². The third-order valence-electron chi connectivity index (χ3n) is 4.17. The molecule has 1 aliphatic carbocycles. The SMILES string of the molecule is c1ccc2nc(N(CC3CCCN3)C3CC3)nnc2c1. The van der Waals surface area contributed by atoms with Gasteiger partial charge in [0.15, 0.2) is 0 Å². The number of hydrogen-bond acceptors (Lipinski definition) is 5. The summed E-state index contributed by atoms with van der Waals surface area (Å²) in [6.07, 6.45) is 5.04. The van der Waals surface area contributed by atoms with Gasteiger partial charge in [0.2, 0.25) is 5.95 Å². The highest BCUT2D eigenvalue weighted by molar-refractivity contribution is 5.74. The summed E-state index contributed by atoms with van der Waals surface area (Å²) in [5.41, 5.74) is 1.80. The fourth-order valence-electron chi connectivity index (χ4n) is 2.92. The van der Waals surface area contributed by atoms with Crippen LogP contribution >= 0.6 is 0 Å². The van der Waals surface area contributed by atoms with Gasteiger partial charge in [-0.25, -0.2) is 4.98 Å². The van der Waals surface area contributed by atoms with Crippen molar-refractivity contribution in [2.75, 3.05) is 18.0 Å². The third kappa shape index (κ3) is 2.33. The molecule has 5 heteroatoms. The Morgan fingerprint density at radius 1 is 1.10 bits per heavy atom. The van der Waals surface area contributed by atoms with Gasteiger partial charge in [-0.2, -0.15) is 0 Å². The van der Waals surface area contributed by atoms with Crippen molar-refractivity contribution in [2.45, 2.75) is 37.8 Å².